The number of aliphatic carboxylic acids is 1. The Hall–Kier alpha value is -5.06. The van der Waals surface area contributed by atoms with E-state index in [0.717, 1.165) is 41.0 Å². The zero-order valence-corrected chi connectivity index (χ0v) is 28.8. The van der Waals surface area contributed by atoms with E-state index >= 15 is 0 Å². The number of ether oxygens (including phenoxy) is 1. The number of hydrogen-bond acceptors (Lipinski definition) is 7. The topological polar surface area (TPSA) is 140 Å². The third kappa shape index (κ3) is 9.31. The number of rotatable bonds is 15. The predicted molar refractivity (Wildman–Crippen MR) is 187 cm³/mol. The van der Waals surface area contributed by atoms with Crippen LogP contribution in [0.2, 0.25) is 0 Å². The van der Waals surface area contributed by atoms with E-state index in [1.807, 2.05) is 69.3 Å². The number of carbonyl (C=O) groups is 3. The van der Waals surface area contributed by atoms with Crippen LogP contribution in [0.1, 0.15) is 75.7 Å². The molecule has 1 aliphatic heterocycles. The molecule has 0 aliphatic carbocycles. The van der Waals surface area contributed by atoms with Crippen molar-refractivity contribution in [3.8, 4) is 28.3 Å². The average molecular weight is 667 g/mol. The van der Waals surface area contributed by atoms with Gasteiger partial charge in [0.2, 0.25) is 5.91 Å². The lowest BCUT2D eigenvalue weighted by Crippen LogP contribution is -2.59. The lowest BCUT2D eigenvalue weighted by Gasteiger charge is -2.38. The molecule has 1 saturated heterocycles. The first-order valence-corrected chi connectivity index (χ1v) is 17.0. The lowest BCUT2D eigenvalue weighted by atomic mass is 9.96. The van der Waals surface area contributed by atoms with Crippen LogP contribution in [0.5, 0.6) is 5.75 Å². The zero-order valence-electron chi connectivity index (χ0n) is 28.8. The molecule has 1 fully saturated rings. The number of carbonyl (C=O) groups excluding carboxylic acids is 2. The highest BCUT2D eigenvalue weighted by Gasteiger charge is 2.39. The van der Waals surface area contributed by atoms with Crippen LogP contribution in [0.4, 0.5) is 0 Å². The quantitative estimate of drug-likeness (QED) is 0.147. The standard InChI is InChI=1S/C38H46N6O5/c1-5-6-7-8-9-18-49-32-16-14-27(15-17-32)29-20-39-34(40-21-29)28-12-10-26(11-13-28)19-33(36(46)43-23-31(24-43)37(47)48)42-35(45)30-22-41-44(25-30)38(2,3)4/h10-17,20-22,25,31,33H,5-9,18-19,23-24H2,1-4H3,(H,42,45)(H,47,48)/t33-/m0/s1. The Balaban J connectivity index is 1.21. The number of hydrogen-bond donors (Lipinski definition) is 2. The maximum absolute atomic E-state index is 13.4. The fraction of sp³-hybridized carbons (Fsp3) is 0.421. The lowest BCUT2D eigenvalue weighted by molar-refractivity contribution is -0.153. The Morgan fingerprint density at radius 1 is 0.898 bits per heavy atom. The van der Waals surface area contributed by atoms with Gasteiger partial charge in [0.1, 0.15) is 11.8 Å². The van der Waals surface area contributed by atoms with Gasteiger partial charge >= 0.3 is 5.97 Å². The van der Waals surface area contributed by atoms with E-state index in [2.05, 4.69) is 27.3 Å². The molecule has 4 aromatic rings. The van der Waals surface area contributed by atoms with Gasteiger partial charge in [-0.05, 0) is 50.5 Å². The molecule has 0 spiro atoms. The fourth-order valence-electron chi connectivity index (χ4n) is 5.57. The molecular weight excluding hydrogens is 620 g/mol. The van der Waals surface area contributed by atoms with Crippen LogP contribution in [-0.2, 0) is 21.5 Å². The van der Waals surface area contributed by atoms with Crippen LogP contribution in [0.15, 0.2) is 73.3 Å². The van der Waals surface area contributed by atoms with Crippen molar-refractivity contribution < 1.29 is 24.2 Å². The Morgan fingerprint density at radius 2 is 1.55 bits per heavy atom. The van der Waals surface area contributed by atoms with E-state index in [9.17, 15) is 19.5 Å². The van der Waals surface area contributed by atoms with Crippen LogP contribution >= 0.6 is 0 Å². The molecule has 2 N–H and O–H groups in total. The summed E-state index contributed by atoms with van der Waals surface area (Å²) in [6.45, 7) is 9.10. The first-order valence-electron chi connectivity index (χ1n) is 17.0. The summed E-state index contributed by atoms with van der Waals surface area (Å²) in [6.07, 6.45) is 13.0. The Labute approximate surface area is 287 Å². The van der Waals surface area contributed by atoms with E-state index in [0.29, 0.717) is 11.4 Å². The summed E-state index contributed by atoms with van der Waals surface area (Å²) in [6, 6.07) is 14.6. The number of benzene rings is 2. The zero-order chi connectivity index (χ0) is 35.0. The molecular formula is C38H46N6O5. The van der Waals surface area contributed by atoms with Crippen molar-refractivity contribution in [2.45, 2.75) is 77.8 Å². The molecule has 1 aliphatic rings. The largest absolute Gasteiger partial charge is 0.494 e. The molecule has 5 rings (SSSR count). The monoisotopic (exact) mass is 666 g/mol. The molecule has 3 heterocycles. The summed E-state index contributed by atoms with van der Waals surface area (Å²) in [5.41, 5.74) is 3.56. The van der Waals surface area contributed by atoms with Crippen molar-refractivity contribution in [3.63, 3.8) is 0 Å². The average Bonchev–Trinajstić information content (AvgIpc) is 3.58. The highest BCUT2D eigenvalue weighted by molar-refractivity contribution is 5.97. The van der Waals surface area contributed by atoms with E-state index in [4.69, 9.17) is 4.74 Å². The summed E-state index contributed by atoms with van der Waals surface area (Å²) in [7, 11) is 0. The van der Waals surface area contributed by atoms with Crippen molar-refractivity contribution in [1.82, 2.24) is 30.0 Å². The van der Waals surface area contributed by atoms with Crippen molar-refractivity contribution in [2.24, 2.45) is 5.92 Å². The van der Waals surface area contributed by atoms with Crippen LogP contribution in [0.3, 0.4) is 0 Å². The molecule has 11 nitrogen and oxygen atoms in total. The minimum Gasteiger partial charge on any atom is -0.494 e. The van der Waals surface area contributed by atoms with Gasteiger partial charge in [-0.3, -0.25) is 19.1 Å². The first-order chi connectivity index (χ1) is 23.5. The number of aromatic nitrogens is 4. The van der Waals surface area contributed by atoms with Gasteiger partial charge in [-0.15, -0.1) is 0 Å². The molecule has 2 amide bonds. The summed E-state index contributed by atoms with van der Waals surface area (Å²) in [5.74, 6) is -0.856. The number of nitrogens with one attached hydrogen (secondary N) is 1. The van der Waals surface area contributed by atoms with E-state index in [1.54, 1.807) is 23.3 Å². The van der Waals surface area contributed by atoms with Crippen molar-refractivity contribution in [2.75, 3.05) is 19.7 Å². The Bertz CT molecular complexity index is 1710. The summed E-state index contributed by atoms with van der Waals surface area (Å²) in [5, 5.41) is 16.5. The van der Waals surface area contributed by atoms with Crippen molar-refractivity contribution in [1.29, 1.82) is 0 Å². The van der Waals surface area contributed by atoms with Gasteiger partial charge in [-0.1, -0.05) is 69.0 Å². The number of nitrogens with zero attached hydrogens (tertiary/aromatic N) is 5. The van der Waals surface area contributed by atoms with Crippen molar-refractivity contribution in [3.05, 3.63) is 84.4 Å². The molecule has 49 heavy (non-hydrogen) atoms. The van der Waals surface area contributed by atoms with E-state index in [-0.39, 0.29) is 31.0 Å². The van der Waals surface area contributed by atoms with Gasteiger partial charge < -0.3 is 20.1 Å². The fourth-order valence-corrected chi connectivity index (χ4v) is 5.57. The normalized spacial score (nSPS) is 13.8. The summed E-state index contributed by atoms with van der Waals surface area (Å²) in [4.78, 5) is 48.7. The summed E-state index contributed by atoms with van der Waals surface area (Å²) >= 11 is 0. The number of carboxylic acid groups (broad SMARTS) is 1. The highest BCUT2D eigenvalue weighted by Crippen LogP contribution is 2.24. The predicted octanol–water partition coefficient (Wildman–Crippen LogP) is 6.00. The number of unbranched alkanes of at least 4 members (excludes halogenated alkanes) is 4. The van der Waals surface area contributed by atoms with Crippen LogP contribution < -0.4 is 10.1 Å². The SMILES string of the molecule is CCCCCCCOc1ccc(-c2cnc(-c3ccc(C[C@H](NC(=O)c4cnn(C(C)(C)C)c4)C(=O)N4CC(C(=O)O)C4)cc3)nc2)cc1. The van der Waals surface area contributed by atoms with Crippen LogP contribution in [-0.4, -0.2) is 73.3 Å². The van der Waals surface area contributed by atoms with Gasteiger partial charge in [0.05, 0.1) is 29.8 Å². The Kier molecular flexibility index (Phi) is 11.4. The second-order valence-electron chi connectivity index (χ2n) is 13.6. The second kappa shape index (κ2) is 15.9. The maximum atomic E-state index is 13.4. The molecule has 0 unspecified atom stereocenters. The molecule has 0 bridgehead atoms. The van der Waals surface area contributed by atoms with Gasteiger partial charge in [0.25, 0.3) is 5.91 Å². The molecule has 0 saturated carbocycles. The van der Waals surface area contributed by atoms with Gasteiger partial charge in [-0.25, -0.2) is 9.97 Å². The smallest absolute Gasteiger partial charge is 0.310 e. The van der Waals surface area contributed by atoms with E-state index in [1.165, 1.54) is 36.8 Å². The minimum atomic E-state index is -0.934. The third-order valence-electron chi connectivity index (χ3n) is 8.69. The Morgan fingerprint density at radius 3 is 2.16 bits per heavy atom. The number of amides is 2. The van der Waals surface area contributed by atoms with Crippen LogP contribution in [0.25, 0.3) is 22.5 Å². The highest BCUT2D eigenvalue weighted by atomic mass is 16.5. The molecule has 2 aromatic heterocycles. The van der Waals surface area contributed by atoms with E-state index < -0.39 is 23.8 Å². The van der Waals surface area contributed by atoms with Gasteiger partial charge in [-0.2, -0.15) is 5.10 Å². The second-order valence-corrected chi connectivity index (χ2v) is 13.6. The molecule has 2 aromatic carbocycles. The molecule has 11 heteroatoms. The maximum Gasteiger partial charge on any atom is 0.310 e. The summed E-state index contributed by atoms with van der Waals surface area (Å²) < 4.78 is 7.58. The molecule has 258 valence electrons. The van der Waals surface area contributed by atoms with Gasteiger partial charge in [0.15, 0.2) is 5.82 Å². The minimum absolute atomic E-state index is 0.117. The number of carboxylic acids is 1. The first kappa shape index (κ1) is 35.3. The third-order valence-corrected chi connectivity index (χ3v) is 8.69. The molecule has 0 radical (unpaired) electrons. The van der Waals surface area contributed by atoms with Gasteiger partial charge in [0, 0.05) is 49.2 Å². The van der Waals surface area contributed by atoms with Crippen molar-refractivity contribution >= 4 is 17.8 Å². The van der Waals surface area contributed by atoms with Crippen LogP contribution in [0, 0.1) is 5.92 Å². The molecule has 1 atom stereocenters. The number of likely N-dealkylation sites (tertiary alicyclic amines) is 1.